The molecule has 1 amide bonds. The largest absolute Gasteiger partial charge is 0.302 e. The Kier molecular flexibility index (Phi) is 4.73. The maximum atomic E-state index is 12.2. The lowest BCUT2D eigenvalue weighted by molar-refractivity contribution is -0.116. The lowest BCUT2D eigenvalue weighted by Gasteiger charge is -2.04. The molecular formula is C21H20N4OS. The van der Waals surface area contributed by atoms with Crippen LogP contribution in [-0.2, 0) is 11.3 Å². The van der Waals surface area contributed by atoms with Crippen molar-refractivity contribution in [1.29, 1.82) is 0 Å². The monoisotopic (exact) mass is 376 g/mol. The molecule has 136 valence electrons. The summed E-state index contributed by atoms with van der Waals surface area (Å²) in [4.78, 5) is 16.8. The molecule has 0 atom stereocenters. The Morgan fingerprint density at radius 3 is 2.70 bits per heavy atom. The standard InChI is InChI=1S/C21H20N4OS/c1-14-11-15(2)25(24-14)10-9-20(26)23-21-22-19(13-27-21)18-8-7-16-5-3-4-6-17(16)12-18/h3-8,11-13H,9-10H2,1-2H3,(H,22,23,26). The third-order valence-corrected chi connectivity index (χ3v) is 5.21. The van der Waals surface area contributed by atoms with Crippen molar-refractivity contribution in [3.63, 3.8) is 0 Å². The van der Waals surface area contributed by atoms with Crippen molar-refractivity contribution >= 4 is 33.1 Å². The highest BCUT2D eigenvalue weighted by Crippen LogP contribution is 2.27. The maximum Gasteiger partial charge on any atom is 0.228 e. The molecule has 0 aliphatic carbocycles. The van der Waals surface area contributed by atoms with E-state index in [0.29, 0.717) is 18.1 Å². The Morgan fingerprint density at radius 2 is 1.93 bits per heavy atom. The minimum absolute atomic E-state index is 0.0537. The van der Waals surface area contributed by atoms with Gasteiger partial charge in [-0.25, -0.2) is 4.98 Å². The Balaban J connectivity index is 1.42. The zero-order valence-electron chi connectivity index (χ0n) is 15.3. The molecule has 0 aliphatic rings. The molecule has 0 radical (unpaired) electrons. The summed E-state index contributed by atoms with van der Waals surface area (Å²) in [7, 11) is 0. The number of rotatable bonds is 5. The van der Waals surface area contributed by atoms with Gasteiger partial charge in [0.25, 0.3) is 0 Å². The Labute approximate surface area is 161 Å². The number of benzene rings is 2. The van der Waals surface area contributed by atoms with Gasteiger partial charge in [-0.2, -0.15) is 5.10 Å². The SMILES string of the molecule is Cc1cc(C)n(CCC(=O)Nc2nc(-c3ccc4ccccc4c3)cs2)n1. The number of carbonyl (C=O) groups is 1. The Morgan fingerprint density at radius 1 is 1.11 bits per heavy atom. The molecule has 1 N–H and O–H groups in total. The third kappa shape index (κ3) is 3.90. The third-order valence-electron chi connectivity index (χ3n) is 4.45. The van der Waals surface area contributed by atoms with Crippen LogP contribution in [0.3, 0.4) is 0 Å². The second-order valence-electron chi connectivity index (χ2n) is 6.55. The highest BCUT2D eigenvalue weighted by molar-refractivity contribution is 7.14. The van der Waals surface area contributed by atoms with Gasteiger partial charge < -0.3 is 5.32 Å². The van der Waals surface area contributed by atoms with Gasteiger partial charge in [0.05, 0.1) is 11.4 Å². The normalized spacial score (nSPS) is 11.0. The molecule has 2 aromatic carbocycles. The van der Waals surface area contributed by atoms with Gasteiger partial charge in [0, 0.05) is 29.6 Å². The second kappa shape index (κ2) is 7.32. The number of fused-ring (bicyclic) bond motifs is 1. The molecule has 5 nitrogen and oxygen atoms in total. The average molecular weight is 376 g/mol. The van der Waals surface area contributed by atoms with Gasteiger partial charge in [-0.3, -0.25) is 9.48 Å². The summed E-state index contributed by atoms with van der Waals surface area (Å²) >= 11 is 1.44. The molecule has 0 fully saturated rings. The number of nitrogens with one attached hydrogen (secondary N) is 1. The maximum absolute atomic E-state index is 12.2. The van der Waals surface area contributed by atoms with Crippen molar-refractivity contribution in [1.82, 2.24) is 14.8 Å². The van der Waals surface area contributed by atoms with Gasteiger partial charge in [0.1, 0.15) is 0 Å². The summed E-state index contributed by atoms with van der Waals surface area (Å²) in [5, 5.41) is 12.3. The molecule has 27 heavy (non-hydrogen) atoms. The van der Waals surface area contributed by atoms with Crippen LogP contribution in [0.25, 0.3) is 22.0 Å². The van der Waals surface area contributed by atoms with Gasteiger partial charge in [0.15, 0.2) is 5.13 Å². The molecule has 6 heteroatoms. The molecular weight excluding hydrogens is 356 g/mol. The first-order valence-electron chi connectivity index (χ1n) is 8.84. The first-order chi connectivity index (χ1) is 13.1. The summed E-state index contributed by atoms with van der Waals surface area (Å²) in [5.74, 6) is -0.0537. The Hall–Kier alpha value is -2.99. The van der Waals surface area contributed by atoms with Crippen LogP contribution in [0.4, 0.5) is 5.13 Å². The predicted octanol–water partition coefficient (Wildman–Crippen LogP) is 4.81. The van der Waals surface area contributed by atoms with Crippen LogP contribution in [-0.4, -0.2) is 20.7 Å². The number of nitrogens with zero attached hydrogens (tertiary/aromatic N) is 3. The van der Waals surface area contributed by atoms with Crippen LogP contribution >= 0.6 is 11.3 Å². The number of carbonyl (C=O) groups excluding carboxylic acids is 1. The lowest BCUT2D eigenvalue weighted by atomic mass is 10.1. The fraction of sp³-hybridized carbons (Fsp3) is 0.190. The lowest BCUT2D eigenvalue weighted by Crippen LogP contribution is -2.15. The quantitative estimate of drug-likeness (QED) is 0.544. The van der Waals surface area contributed by atoms with Crippen LogP contribution in [0.1, 0.15) is 17.8 Å². The zero-order chi connectivity index (χ0) is 18.8. The number of amides is 1. The fourth-order valence-corrected chi connectivity index (χ4v) is 3.84. The minimum atomic E-state index is -0.0537. The van der Waals surface area contributed by atoms with E-state index >= 15 is 0 Å². The van der Waals surface area contributed by atoms with E-state index in [1.54, 1.807) is 0 Å². The van der Waals surface area contributed by atoms with Crippen LogP contribution in [0.2, 0.25) is 0 Å². The molecule has 4 rings (SSSR count). The van der Waals surface area contributed by atoms with Gasteiger partial charge in [-0.15, -0.1) is 11.3 Å². The van der Waals surface area contributed by atoms with Crippen molar-refractivity contribution in [3.05, 3.63) is 65.3 Å². The fourth-order valence-electron chi connectivity index (χ4n) is 3.10. The molecule has 0 bridgehead atoms. The average Bonchev–Trinajstić information content (AvgIpc) is 3.25. The van der Waals surface area contributed by atoms with E-state index < -0.39 is 0 Å². The summed E-state index contributed by atoms with van der Waals surface area (Å²) in [6, 6.07) is 16.5. The van der Waals surface area contributed by atoms with Crippen molar-refractivity contribution in [3.8, 4) is 11.3 Å². The van der Waals surface area contributed by atoms with E-state index in [9.17, 15) is 4.79 Å². The van der Waals surface area contributed by atoms with E-state index in [1.165, 1.54) is 22.1 Å². The highest BCUT2D eigenvalue weighted by atomic mass is 32.1. The Bertz CT molecular complexity index is 1110. The van der Waals surface area contributed by atoms with E-state index in [2.05, 4.69) is 45.7 Å². The summed E-state index contributed by atoms with van der Waals surface area (Å²) in [6.07, 6.45) is 0.368. The summed E-state index contributed by atoms with van der Waals surface area (Å²) < 4.78 is 1.86. The van der Waals surface area contributed by atoms with Crippen LogP contribution in [0.5, 0.6) is 0 Å². The second-order valence-corrected chi connectivity index (χ2v) is 7.41. The van der Waals surface area contributed by atoms with Crippen molar-refractivity contribution < 1.29 is 4.79 Å². The number of thiazole rings is 1. The predicted molar refractivity (Wildman–Crippen MR) is 110 cm³/mol. The number of anilines is 1. The van der Waals surface area contributed by atoms with Crippen molar-refractivity contribution in [2.75, 3.05) is 5.32 Å². The molecule has 2 heterocycles. The molecule has 4 aromatic rings. The van der Waals surface area contributed by atoms with Crippen LogP contribution < -0.4 is 5.32 Å². The summed E-state index contributed by atoms with van der Waals surface area (Å²) in [6.45, 7) is 4.51. The number of aryl methyl sites for hydroxylation is 3. The molecule has 0 spiro atoms. The minimum Gasteiger partial charge on any atom is -0.302 e. The van der Waals surface area contributed by atoms with Gasteiger partial charge >= 0.3 is 0 Å². The molecule has 0 aliphatic heterocycles. The molecule has 2 aromatic heterocycles. The van der Waals surface area contributed by atoms with E-state index in [0.717, 1.165) is 22.6 Å². The smallest absolute Gasteiger partial charge is 0.228 e. The first-order valence-corrected chi connectivity index (χ1v) is 9.72. The number of hydrogen-bond donors (Lipinski definition) is 1. The van der Waals surface area contributed by atoms with Gasteiger partial charge in [0.2, 0.25) is 5.91 Å². The van der Waals surface area contributed by atoms with Gasteiger partial charge in [-0.05, 0) is 36.8 Å². The van der Waals surface area contributed by atoms with E-state index in [1.807, 2.05) is 42.1 Å². The van der Waals surface area contributed by atoms with Crippen LogP contribution in [0, 0.1) is 13.8 Å². The van der Waals surface area contributed by atoms with Gasteiger partial charge in [-0.1, -0.05) is 36.4 Å². The highest BCUT2D eigenvalue weighted by Gasteiger charge is 2.10. The topological polar surface area (TPSA) is 59.8 Å². The van der Waals surface area contributed by atoms with E-state index in [4.69, 9.17) is 0 Å². The number of hydrogen-bond acceptors (Lipinski definition) is 4. The van der Waals surface area contributed by atoms with Crippen LogP contribution in [0.15, 0.2) is 53.9 Å². The van der Waals surface area contributed by atoms with E-state index in [-0.39, 0.29) is 5.91 Å². The number of aromatic nitrogens is 3. The molecule has 0 saturated carbocycles. The van der Waals surface area contributed by atoms with Crippen molar-refractivity contribution in [2.24, 2.45) is 0 Å². The molecule has 0 unspecified atom stereocenters. The molecule has 0 saturated heterocycles. The van der Waals surface area contributed by atoms with Crippen molar-refractivity contribution in [2.45, 2.75) is 26.8 Å². The zero-order valence-corrected chi connectivity index (χ0v) is 16.1. The first kappa shape index (κ1) is 17.4. The summed E-state index contributed by atoms with van der Waals surface area (Å²) in [5.41, 5.74) is 3.95.